The van der Waals surface area contributed by atoms with Gasteiger partial charge < -0.3 is 56.7 Å². The van der Waals surface area contributed by atoms with Gasteiger partial charge in [0.1, 0.15) is 61.9 Å². The molecular weight excluding hydrogens is 851 g/mol. The summed E-state index contributed by atoms with van der Waals surface area (Å²) in [5, 5.41) is 8.41. The van der Waals surface area contributed by atoms with Crippen molar-refractivity contribution in [2.75, 3.05) is 13.7 Å². The zero-order chi connectivity index (χ0) is 46.1. The molecule has 7 aromatic rings. The van der Waals surface area contributed by atoms with Crippen LogP contribution in [0.4, 0.5) is 9.59 Å². The molecule has 0 aliphatic carbocycles. The first-order chi connectivity index (χ1) is 31.2. The first-order valence-corrected chi connectivity index (χ1v) is 20.3. The number of hydrogen-bond donors (Lipinski definition) is 3. The summed E-state index contributed by atoms with van der Waals surface area (Å²) in [6.07, 6.45) is 7.84. The van der Waals surface area contributed by atoms with E-state index in [0.29, 0.717) is 25.8 Å². The van der Waals surface area contributed by atoms with Gasteiger partial charge in [0.05, 0.1) is 7.11 Å². The van der Waals surface area contributed by atoms with Crippen LogP contribution in [0.2, 0.25) is 0 Å². The maximum atomic E-state index is 13.4. The summed E-state index contributed by atoms with van der Waals surface area (Å²) in [7, 11) is 1.23. The highest BCUT2D eigenvalue weighted by molar-refractivity contribution is 5.92. The fourth-order valence-corrected chi connectivity index (χ4v) is 6.01. The van der Waals surface area contributed by atoms with Crippen LogP contribution in [0.15, 0.2) is 94.4 Å². The van der Waals surface area contributed by atoms with Gasteiger partial charge in [-0.1, -0.05) is 44.2 Å². The molecule has 0 bridgehead atoms. The number of aromatic nitrogens is 6. The fraction of sp³-hybridized carbons (Fsp3) is 0.349. The fourth-order valence-electron chi connectivity index (χ4n) is 6.01. The van der Waals surface area contributed by atoms with Gasteiger partial charge in [-0.25, -0.2) is 44.3 Å². The van der Waals surface area contributed by atoms with E-state index in [1.54, 1.807) is 20.8 Å². The second-order valence-corrected chi connectivity index (χ2v) is 15.7. The van der Waals surface area contributed by atoms with Gasteiger partial charge in [0.2, 0.25) is 35.3 Å². The number of carbonyl (C=O) groups is 4. The van der Waals surface area contributed by atoms with E-state index in [1.165, 1.54) is 38.4 Å². The summed E-state index contributed by atoms with van der Waals surface area (Å²) >= 11 is 0. The third-order valence-corrected chi connectivity index (χ3v) is 9.17. The lowest BCUT2D eigenvalue weighted by molar-refractivity contribution is 0.0525. The second kappa shape index (κ2) is 20.0. The zero-order valence-corrected chi connectivity index (χ0v) is 36.1. The molecule has 22 nitrogen and oxygen atoms in total. The lowest BCUT2D eigenvalue weighted by Crippen LogP contribution is -2.33. The molecule has 0 aliphatic heterocycles. The lowest BCUT2D eigenvalue weighted by Gasteiger charge is -2.19. The number of alkyl carbamates (subject to hydrolysis) is 2. The van der Waals surface area contributed by atoms with Crippen LogP contribution < -0.4 is 16.0 Å². The summed E-state index contributed by atoms with van der Waals surface area (Å²) in [6, 6.07) is 7.81. The highest BCUT2D eigenvalue weighted by Crippen LogP contribution is 2.30. The lowest BCUT2D eigenvalue weighted by atomic mass is 10.0. The average Bonchev–Trinajstić information content (AvgIpc) is 4.14. The average molecular weight is 896 g/mol. The summed E-state index contributed by atoms with van der Waals surface area (Å²) in [5.41, 5.74) is 0.902. The van der Waals surface area contributed by atoms with Crippen molar-refractivity contribution < 1.29 is 59.9 Å². The minimum atomic E-state index is -0.711. The highest BCUT2D eigenvalue weighted by atomic mass is 16.6. The second-order valence-electron chi connectivity index (χ2n) is 15.7. The molecule has 3 amide bonds. The van der Waals surface area contributed by atoms with Gasteiger partial charge in [-0.3, -0.25) is 4.79 Å². The summed E-state index contributed by atoms with van der Waals surface area (Å²) in [5.74, 6) is -0.975. The number of unbranched alkanes of at least 4 members (excludes halogenated alkanes) is 1. The number of benzene rings is 1. The monoisotopic (exact) mass is 895 g/mol. The molecule has 0 saturated heterocycles. The number of ether oxygens (including phenoxy) is 3. The van der Waals surface area contributed by atoms with E-state index in [1.807, 2.05) is 44.2 Å². The Labute approximate surface area is 369 Å². The van der Waals surface area contributed by atoms with Gasteiger partial charge in [0, 0.05) is 6.54 Å². The Morgan fingerprint density at radius 3 is 1.83 bits per heavy atom. The molecule has 1 aromatic carbocycles. The Morgan fingerprint density at radius 1 is 0.646 bits per heavy atom. The van der Waals surface area contributed by atoms with Gasteiger partial charge in [0.25, 0.3) is 5.91 Å². The number of methoxy groups -OCH3 is 1. The third kappa shape index (κ3) is 11.7. The number of nitrogens with zero attached hydrogens (tertiary/aromatic N) is 6. The highest BCUT2D eigenvalue weighted by Gasteiger charge is 2.28. The molecule has 2 unspecified atom stereocenters. The van der Waals surface area contributed by atoms with Crippen LogP contribution in [0.3, 0.4) is 0 Å². The molecule has 0 saturated carbocycles. The van der Waals surface area contributed by atoms with Crippen LogP contribution >= 0.6 is 0 Å². The van der Waals surface area contributed by atoms with E-state index in [-0.39, 0.29) is 82.0 Å². The molecule has 0 spiro atoms. The summed E-state index contributed by atoms with van der Waals surface area (Å²) in [4.78, 5) is 76.3. The van der Waals surface area contributed by atoms with E-state index in [4.69, 9.17) is 36.0 Å². The molecule has 6 aromatic heterocycles. The van der Waals surface area contributed by atoms with Crippen molar-refractivity contribution in [2.45, 2.75) is 78.2 Å². The number of nitrogens with one attached hydrogen (secondary N) is 3. The maximum Gasteiger partial charge on any atom is 0.408 e. The van der Waals surface area contributed by atoms with Crippen LogP contribution in [0.25, 0.3) is 46.3 Å². The Hall–Kier alpha value is -8.04. The number of carbonyl (C=O) groups excluding carboxylic acids is 4. The number of rotatable bonds is 18. The largest absolute Gasteiger partial charge is 0.464 e. The van der Waals surface area contributed by atoms with Crippen molar-refractivity contribution in [1.29, 1.82) is 0 Å². The SMILES string of the molecule is COC(=O)c1coc(-c2coc(-c3coc(C(NC(=O)c4coc(-c5coc(-c6coc(C(CCCCNC(=O)OC(C)(C)C)NC(=O)OCc7ccccc7)n6)n5)n4)C(C)C)n3)n2)n1. The van der Waals surface area contributed by atoms with Gasteiger partial charge in [0.15, 0.2) is 34.2 Å². The van der Waals surface area contributed by atoms with Crippen molar-refractivity contribution in [1.82, 2.24) is 45.9 Å². The number of esters is 1. The van der Waals surface area contributed by atoms with Crippen molar-refractivity contribution in [3.05, 3.63) is 96.6 Å². The Kier molecular flexibility index (Phi) is 13.8. The van der Waals surface area contributed by atoms with E-state index in [0.717, 1.165) is 11.8 Å². The van der Waals surface area contributed by atoms with Gasteiger partial charge in [-0.2, -0.15) is 0 Å². The molecule has 0 fully saturated rings. The summed E-state index contributed by atoms with van der Waals surface area (Å²) in [6.45, 7) is 9.48. The predicted molar refractivity (Wildman–Crippen MR) is 222 cm³/mol. The van der Waals surface area contributed by atoms with E-state index >= 15 is 0 Å². The topological polar surface area (TPSA) is 288 Å². The van der Waals surface area contributed by atoms with Gasteiger partial charge in [-0.15, -0.1) is 0 Å². The maximum absolute atomic E-state index is 13.4. The molecule has 340 valence electrons. The number of amides is 3. The summed E-state index contributed by atoms with van der Waals surface area (Å²) < 4.78 is 49.1. The van der Waals surface area contributed by atoms with Crippen molar-refractivity contribution in [3.63, 3.8) is 0 Å². The van der Waals surface area contributed by atoms with Crippen LogP contribution in [0, 0.1) is 5.92 Å². The van der Waals surface area contributed by atoms with Crippen molar-refractivity contribution in [3.8, 4) is 46.3 Å². The van der Waals surface area contributed by atoms with Crippen molar-refractivity contribution >= 4 is 24.1 Å². The molecule has 7 rings (SSSR count). The molecule has 0 aliphatic rings. The molecular formula is C43H45N9O13. The van der Waals surface area contributed by atoms with Gasteiger partial charge >= 0.3 is 18.2 Å². The minimum absolute atomic E-state index is 0.0153. The molecule has 22 heteroatoms. The van der Waals surface area contributed by atoms with E-state index in [2.05, 4.69) is 50.6 Å². The zero-order valence-electron chi connectivity index (χ0n) is 36.1. The Balaban J connectivity index is 0.978. The molecule has 65 heavy (non-hydrogen) atoms. The standard InChI is InChI=1S/C43H45N9O13/c1-23(2)32(39-49-30(21-63-39)37-48-29(20-61-37)38-50-31(22-62-38)40(54)57-6)52-33(53)26-17-58-35(45-26)27-19-60-36(47-27)28-18-59-34(46-28)25(14-10-11-15-44-41(55)65-43(3,4)5)51-42(56)64-16-24-12-8-7-9-13-24/h7-9,12-13,17-23,25,32H,10-11,14-16H2,1-6H3,(H,44,55)(H,51,56)(H,52,53). The molecule has 2 atom stereocenters. The van der Waals surface area contributed by atoms with Crippen LogP contribution in [0.5, 0.6) is 0 Å². The third-order valence-electron chi connectivity index (χ3n) is 9.17. The first kappa shape index (κ1) is 45.0. The van der Waals surface area contributed by atoms with Crippen LogP contribution in [0.1, 0.15) is 104 Å². The molecule has 6 heterocycles. The predicted octanol–water partition coefficient (Wildman–Crippen LogP) is 7.86. The molecule has 0 radical (unpaired) electrons. The van der Waals surface area contributed by atoms with Gasteiger partial charge in [-0.05, 0) is 51.5 Å². The number of hydrogen-bond acceptors (Lipinski definition) is 19. The number of oxazole rings is 6. The normalized spacial score (nSPS) is 12.4. The quantitative estimate of drug-likeness (QED) is 0.0419. The van der Waals surface area contributed by atoms with Crippen LogP contribution in [-0.2, 0) is 20.8 Å². The van der Waals surface area contributed by atoms with Crippen molar-refractivity contribution in [2.24, 2.45) is 5.92 Å². The Morgan fingerprint density at radius 2 is 1.20 bits per heavy atom. The smallest absolute Gasteiger partial charge is 0.408 e. The minimum Gasteiger partial charge on any atom is -0.464 e. The molecule has 3 N–H and O–H groups in total. The Bertz CT molecular complexity index is 2700. The van der Waals surface area contributed by atoms with E-state index in [9.17, 15) is 19.2 Å². The van der Waals surface area contributed by atoms with E-state index < -0.39 is 41.7 Å². The first-order valence-electron chi connectivity index (χ1n) is 20.3. The van der Waals surface area contributed by atoms with Crippen LogP contribution in [-0.4, -0.2) is 73.2 Å².